The van der Waals surface area contributed by atoms with Crippen LogP contribution in [0.2, 0.25) is 0 Å². The second kappa shape index (κ2) is 4.58. The molecule has 0 amide bonds. The summed E-state index contributed by atoms with van der Waals surface area (Å²) in [5, 5.41) is 0. The Morgan fingerprint density at radius 1 is 1.08 bits per heavy atom. The van der Waals surface area contributed by atoms with Gasteiger partial charge in [0.1, 0.15) is 5.75 Å². The highest BCUT2D eigenvalue weighted by molar-refractivity contribution is 5.45. The first kappa shape index (κ1) is 8.83. The van der Waals surface area contributed by atoms with Crippen molar-refractivity contribution in [3.63, 3.8) is 0 Å². The SMILES string of the molecule is CONNc1ccc(OC)cc1. The third kappa shape index (κ3) is 2.41. The Hall–Kier alpha value is -1.26. The number of hydrogen-bond donors (Lipinski definition) is 2. The molecule has 0 aliphatic carbocycles. The summed E-state index contributed by atoms with van der Waals surface area (Å²) < 4.78 is 4.99. The summed E-state index contributed by atoms with van der Waals surface area (Å²) in [6, 6.07) is 7.48. The fraction of sp³-hybridized carbons (Fsp3) is 0.250. The van der Waals surface area contributed by atoms with Crippen LogP contribution in [0, 0.1) is 0 Å². The molecule has 1 aromatic carbocycles. The van der Waals surface area contributed by atoms with Gasteiger partial charge in [0.25, 0.3) is 0 Å². The number of benzene rings is 1. The maximum atomic E-state index is 4.99. The van der Waals surface area contributed by atoms with Crippen molar-refractivity contribution >= 4 is 5.69 Å². The average Bonchev–Trinajstić information content (AvgIpc) is 2.15. The molecule has 0 unspecified atom stereocenters. The normalized spacial score (nSPS) is 9.50. The molecule has 0 heterocycles. The van der Waals surface area contributed by atoms with Crippen molar-refractivity contribution in [2.24, 2.45) is 0 Å². The lowest BCUT2D eigenvalue weighted by Gasteiger charge is -2.05. The van der Waals surface area contributed by atoms with Gasteiger partial charge in [-0.3, -0.25) is 10.3 Å². The van der Waals surface area contributed by atoms with Gasteiger partial charge in [-0.1, -0.05) is 0 Å². The number of hydrazine groups is 1. The van der Waals surface area contributed by atoms with E-state index in [1.54, 1.807) is 7.11 Å². The molecule has 0 radical (unpaired) electrons. The number of methoxy groups -OCH3 is 1. The summed E-state index contributed by atoms with van der Waals surface area (Å²) >= 11 is 0. The standard InChI is InChI=1S/C8H12N2O2/c1-11-8-5-3-7(4-6-8)9-10-12-2/h3-6,9-10H,1-2H3. The zero-order chi connectivity index (χ0) is 8.81. The van der Waals surface area contributed by atoms with E-state index in [0.29, 0.717) is 0 Å². The minimum Gasteiger partial charge on any atom is -0.497 e. The Balaban J connectivity index is 2.53. The third-order valence-corrected chi connectivity index (χ3v) is 1.39. The van der Waals surface area contributed by atoms with Gasteiger partial charge in [-0.25, -0.2) is 0 Å². The molecule has 0 bridgehead atoms. The smallest absolute Gasteiger partial charge is 0.119 e. The first-order valence-corrected chi connectivity index (χ1v) is 3.55. The molecule has 0 atom stereocenters. The molecule has 0 fully saturated rings. The van der Waals surface area contributed by atoms with E-state index in [9.17, 15) is 0 Å². The fourth-order valence-corrected chi connectivity index (χ4v) is 0.784. The molecule has 1 rings (SSSR count). The topological polar surface area (TPSA) is 42.5 Å². The summed E-state index contributed by atoms with van der Waals surface area (Å²) in [5.74, 6) is 0.831. The average molecular weight is 168 g/mol. The third-order valence-electron chi connectivity index (χ3n) is 1.39. The van der Waals surface area contributed by atoms with Gasteiger partial charge in [0.05, 0.1) is 19.9 Å². The molecule has 0 spiro atoms. The van der Waals surface area contributed by atoms with E-state index in [0.717, 1.165) is 11.4 Å². The van der Waals surface area contributed by atoms with Crippen LogP contribution in [-0.2, 0) is 4.84 Å². The van der Waals surface area contributed by atoms with Crippen LogP contribution in [0.3, 0.4) is 0 Å². The highest BCUT2D eigenvalue weighted by Gasteiger charge is 1.90. The maximum Gasteiger partial charge on any atom is 0.119 e. The Labute approximate surface area is 71.4 Å². The van der Waals surface area contributed by atoms with Gasteiger partial charge in [0.15, 0.2) is 0 Å². The molecule has 0 saturated carbocycles. The molecular weight excluding hydrogens is 156 g/mol. The van der Waals surface area contributed by atoms with Crippen LogP contribution in [0.5, 0.6) is 5.75 Å². The molecular formula is C8H12N2O2. The zero-order valence-electron chi connectivity index (χ0n) is 7.13. The van der Waals surface area contributed by atoms with E-state index >= 15 is 0 Å². The van der Waals surface area contributed by atoms with E-state index in [2.05, 4.69) is 15.9 Å². The zero-order valence-corrected chi connectivity index (χ0v) is 7.13. The fourth-order valence-electron chi connectivity index (χ4n) is 0.784. The lowest BCUT2D eigenvalue weighted by atomic mass is 10.3. The van der Waals surface area contributed by atoms with Crippen molar-refractivity contribution in [3.8, 4) is 5.75 Å². The number of nitrogens with one attached hydrogen (secondary N) is 2. The Morgan fingerprint density at radius 2 is 1.75 bits per heavy atom. The minimum atomic E-state index is 0.831. The minimum absolute atomic E-state index is 0.831. The first-order chi connectivity index (χ1) is 5.86. The molecule has 2 N–H and O–H groups in total. The number of rotatable bonds is 4. The van der Waals surface area contributed by atoms with Crippen molar-refractivity contribution in [2.75, 3.05) is 19.6 Å². The summed E-state index contributed by atoms with van der Waals surface area (Å²) in [6.07, 6.45) is 0. The maximum absolute atomic E-state index is 4.99. The highest BCUT2D eigenvalue weighted by atomic mass is 16.7. The van der Waals surface area contributed by atoms with Crippen LogP contribution in [0.25, 0.3) is 0 Å². The van der Waals surface area contributed by atoms with Crippen molar-refractivity contribution in [1.82, 2.24) is 5.59 Å². The predicted octanol–water partition coefficient (Wildman–Crippen LogP) is 1.17. The molecule has 4 heteroatoms. The number of ether oxygens (including phenoxy) is 1. The molecule has 4 nitrogen and oxygen atoms in total. The van der Waals surface area contributed by atoms with E-state index in [1.165, 1.54) is 7.11 Å². The quantitative estimate of drug-likeness (QED) is 0.662. The van der Waals surface area contributed by atoms with Crippen LogP contribution in [0.1, 0.15) is 0 Å². The van der Waals surface area contributed by atoms with Gasteiger partial charge in [-0.15, -0.1) is 5.59 Å². The molecule has 0 aliphatic rings. The second-order valence-corrected chi connectivity index (χ2v) is 2.16. The molecule has 66 valence electrons. The summed E-state index contributed by atoms with van der Waals surface area (Å²) in [7, 11) is 3.17. The van der Waals surface area contributed by atoms with Crippen molar-refractivity contribution in [2.45, 2.75) is 0 Å². The first-order valence-electron chi connectivity index (χ1n) is 3.55. The summed E-state index contributed by atoms with van der Waals surface area (Å²) in [5.41, 5.74) is 6.24. The van der Waals surface area contributed by atoms with Crippen molar-refractivity contribution < 1.29 is 9.57 Å². The number of anilines is 1. The van der Waals surface area contributed by atoms with Gasteiger partial charge in [-0.05, 0) is 24.3 Å². The van der Waals surface area contributed by atoms with Gasteiger partial charge < -0.3 is 4.74 Å². The van der Waals surface area contributed by atoms with Gasteiger partial charge >= 0.3 is 0 Å². The van der Waals surface area contributed by atoms with Crippen LogP contribution in [0.15, 0.2) is 24.3 Å². The van der Waals surface area contributed by atoms with Gasteiger partial charge in [0.2, 0.25) is 0 Å². The van der Waals surface area contributed by atoms with Crippen LogP contribution in [0.4, 0.5) is 5.69 Å². The van der Waals surface area contributed by atoms with Crippen molar-refractivity contribution in [1.29, 1.82) is 0 Å². The van der Waals surface area contributed by atoms with E-state index in [1.807, 2.05) is 24.3 Å². The second-order valence-electron chi connectivity index (χ2n) is 2.16. The molecule has 0 aliphatic heterocycles. The highest BCUT2D eigenvalue weighted by Crippen LogP contribution is 2.13. The van der Waals surface area contributed by atoms with Crippen LogP contribution < -0.4 is 15.8 Å². The van der Waals surface area contributed by atoms with E-state index in [-0.39, 0.29) is 0 Å². The lowest BCUT2D eigenvalue weighted by Crippen LogP contribution is -2.19. The van der Waals surface area contributed by atoms with Crippen molar-refractivity contribution in [3.05, 3.63) is 24.3 Å². The Morgan fingerprint density at radius 3 is 2.25 bits per heavy atom. The molecule has 12 heavy (non-hydrogen) atoms. The Bertz CT molecular complexity index is 223. The molecule has 0 saturated heterocycles. The largest absolute Gasteiger partial charge is 0.497 e. The van der Waals surface area contributed by atoms with Crippen LogP contribution >= 0.6 is 0 Å². The van der Waals surface area contributed by atoms with E-state index < -0.39 is 0 Å². The molecule has 1 aromatic rings. The lowest BCUT2D eigenvalue weighted by molar-refractivity contribution is 0.111. The summed E-state index contributed by atoms with van der Waals surface area (Å²) in [6.45, 7) is 0. The molecule has 0 aromatic heterocycles. The summed E-state index contributed by atoms with van der Waals surface area (Å²) in [4.78, 5) is 4.61. The number of hydrogen-bond acceptors (Lipinski definition) is 4. The Kier molecular flexibility index (Phi) is 3.37. The van der Waals surface area contributed by atoms with Gasteiger partial charge in [0, 0.05) is 0 Å². The van der Waals surface area contributed by atoms with Gasteiger partial charge in [-0.2, -0.15) is 0 Å². The van der Waals surface area contributed by atoms with E-state index in [4.69, 9.17) is 4.74 Å². The predicted molar refractivity (Wildman–Crippen MR) is 46.8 cm³/mol. The van der Waals surface area contributed by atoms with Crippen LogP contribution in [-0.4, -0.2) is 14.2 Å². The monoisotopic (exact) mass is 168 g/mol.